The number of nitrogens with zero attached hydrogens (tertiary/aromatic N) is 2. The number of pyridine rings is 1. The molecule has 3 N–H and O–H groups in total. The van der Waals surface area contributed by atoms with Crippen LogP contribution in [0.15, 0.2) is 97.3 Å². The van der Waals surface area contributed by atoms with Crippen molar-refractivity contribution in [1.82, 2.24) is 15.2 Å². The topological polar surface area (TPSA) is 95.6 Å². The summed E-state index contributed by atoms with van der Waals surface area (Å²) in [5, 5.41) is 9.52. The molecule has 0 unspecified atom stereocenters. The molecule has 6 rings (SSSR count). The van der Waals surface area contributed by atoms with E-state index in [9.17, 15) is 9.59 Å². The maximum absolute atomic E-state index is 13.4. The summed E-state index contributed by atoms with van der Waals surface area (Å²) in [6.07, 6.45) is 3.43. The van der Waals surface area contributed by atoms with Crippen molar-refractivity contribution < 1.29 is 14.3 Å². The van der Waals surface area contributed by atoms with Crippen LogP contribution in [0.1, 0.15) is 45.6 Å². The maximum Gasteiger partial charge on any atom is 0.258 e. The van der Waals surface area contributed by atoms with E-state index >= 15 is 0 Å². The summed E-state index contributed by atoms with van der Waals surface area (Å²) in [7, 11) is 0. The predicted molar refractivity (Wildman–Crippen MR) is 165 cm³/mol. The van der Waals surface area contributed by atoms with Crippen molar-refractivity contribution in [2.45, 2.75) is 19.5 Å². The molecule has 2 aliphatic rings. The molecule has 1 aromatic heterocycles. The van der Waals surface area contributed by atoms with E-state index in [2.05, 4.69) is 38.0 Å². The minimum atomic E-state index is -0.240. The molecule has 1 atom stereocenters. The second kappa shape index (κ2) is 12.4. The minimum absolute atomic E-state index is 0.166. The summed E-state index contributed by atoms with van der Waals surface area (Å²) in [6, 6.07) is 26.9. The first kappa shape index (κ1) is 27.4. The molecule has 4 aromatic rings. The van der Waals surface area contributed by atoms with Gasteiger partial charge in [-0.1, -0.05) is 42.5 Å². The van der Waals surface area contributed by atoms with Crippen molar-refractivity contribution in [2.24, 2.45) is 0 Å². The Kier molecular flexibility index (Phi) is 8.07. The number of aromatic nitrogens is 1. The highest BCUT2D eigenvalue weighted by molar-refractivity contribution is 6.37. The van der Waals surface area contributed by atoms with Gasteiger partial charge in [0.15, 0.2) is 0 Å². The van der Waals surface area contributed by atoms with Crippen molar-refractivity contribution in [3.8, 4) is 0 Å². The van der Waals surface area contributed by atoms with E-state index in [-0.39, 0.29) is 17.9 Å². The third-order valence-electron chi connectivity index (χ3n) is 7.61. The number of amides is 2. The molecule has 0 saturated carbocycles. The molecule has 0 radical (unpaired) electrons. The second-order valence-electron chi connectivity index (χ2n) is 10.5. The summed E-state index contributed by atoms with van der Waals surface area (Å²) in [6.45, 7) is 6.20. The van der Waals surface area contributed by atoms with Crippen LogP contribution < -0.4 is 16.0 Å². The third-order valence-corrected chi connectivity index (χ3v) is 7.61. The van der Waals surface area contributed by atoms with E-state index in [1.54, 1.807) is 30.6 Å². The first-order valence-electron chi connectivity index (χ1n) is 14.2. The van der Waals surface area contributed by atoms with Crippen molar-refractivity contribution in [3.63, 3.8) is 0 Å². The average molecular weight is 560 g/mol. The zero-order valence-electron chi connectivity index (χ0n) is 23.5. The van der Waals surface area contributed by atoms with Crippen LogP contribution in [-0.2, 0) is 16.1 Å². The minimum Gasteiger partial charge on any atom is -0.379 e. The molecule has 0 aliphatic carbocycles. The number of ether oxygens (including phenoxy) is 1. The van der Waals surface area contributed by atoms with E-state index in [1.807, 2.05) is 61.5 Å². The van der Waals surface area contributed by atoms with Crippen molar-refractivity contribution in [3.05, 3.63) is 125 Å². The Morgan fingerprint density at radius 2 is 1.76 bits per heavy atom. The number of carbonyl (C=O) groups excluding carboxylic acids is 2. The zero-order chi connectivity index (χ0) is 28.9. The first-order valence-corrected chi connectivity index (χ1v) is 14.2. The molecule has 3 heterocycles. The van der Waals surface area contributed by atoms with Crippen LogP contribution in [0.2, 0.25) is 0 Å². The number of nitrogens with one attached hydrogen (secondary N) is 3. The summed E-state index contributed by atoms with van der Waals surface area (Å²) in [5.41, 5.74) is 6.72. The van der Waals surface area contributed by atoms with Gasteiger partial charge in [-0.15, -0.1) is 0 Å². The molecule has 0 spiro atoms. The molecule has 0 bridgehead atoms. The van der Waals surface area contributed by atoms with Crippen LogP contribution in [0.5, 0.6) is 0 Å². The Labute approximate surface area is 245 Å². The largest absolute Gasteiger partial charge is 0.379 e. The molecule has 8 heteroatoms. The van der Waals surface area contributed by atoms with Gasteiger partial charge in [0, 0.05) is 60.1 Å². The summed E-state index contributed by atoms with van der Waals surface area (Å²) < 4.78 is 5.46. The normalized spacial score (nSPS) is 16.7. The van der Waals surface area contributed by atoms with Gasteiger partial charge in [-0.3, -0.25) is 19.5 Å². The SMILES string of the molecule is C[C@@H](NC(=O)c1ccc2c(c1)C(=C(Nc1ccc(CN3CCOCC3)cc1)c1cccnc1)C(=O)N2)c1ccccc1. The van der Waals surface area contributed by atoms with Crippen molar-refractivity contribution >= 4 is 34.5 Å². The van der Waals surface area contributed by atoms with Crippen LogP contribution in [0.4, 0.5) is 11.4 Å². The molecule has 1 saturated heterocycles. The molecular weight excluding hydrogens is 526 g/mol. The molecule has 3 aromatic carbocycles. The van der Waals surface area contributed by atoms with Crippen molar-refractivity contribution in [2.75, 3.05) is 36.9 Å². The Bertz CT molecular complexity index is 1600. The fraction of sp³-hybridized carbons (Fsp3) is 0.206. The predicted octanol–water partition coefficient (Wildman–Crippen LogP) is 5.34. The molecule has 2 aliphatic heterocycles. The number of anilines is 2. The van der Waals surface area contributed by atoms with Gasteiger partial charge in [0.25, 0.3) is 11.8 Å². The van der Waals surface area contributed by atoms with E-state index in [0.717, 1.165) is 49.7 Å². The quantitative estimate of drug-likeness (QED) is 0.253. The van der Waals surface area contributed by atoms with Gasteiger partial charge >= 0.3 is 0 Å². The molecule has 2 amide bonds. The van der Waals surface area contributed by atoms with E-state index in [1.165, 1.54) is 5.56 Å². The van der Waals surface area contributed by atoms with Crippen LogP contribution in [0.3, 0.4) is 0 Å². The Balaban J connectivity index is 1.30. The lowest BCUT2D eigenvalue weighted by Crippen LogP contribution is -2.35. The monoisotopic (exact) mass is 559 g/mol. The van der Waals surface area contributed by atoms with E-state index < -0.39 is 0 Å². The fourth-order valence-corrected chi connectivity index (χ4v) is 5.31. The van der Waals surface area contributed by atoms with Crippen molar-refractivity contribution in [1.29, 1.82) is 0 Å². The number of hydrogen-bond acceptors (Lipinski definition) is 6. The summed E-state index contributed by atoms with van der Waals surface area (Å²) in [4.78, 5) is 33.3. The van der Waals surface area contributed by atoms with Gasteiger partial charge in [0.2, 0.25) is 0 Å². The van der Waals surface area contributed by atoms with Crippen LogP contribution in [0, 0.1) is 0 Å². The Morgan fingerprint density at radius 1 is 0.976 bits per heavy atom. The Hall–Kier alpha value is -4.79. The summed E-state index contributed by atoms with van der Waals surface area (Å²) in [5.74, 6) is -0.449. The number of fused-ring (bicyclic) bond motifs is 1. The van der Waals surface area contributed by atoms with E-state index in [4.69, 9.17) is 4.74 Å². The molecular formula is C34H33N5O3. The van der Waals surface area contributed by atoms with Gasteiger partial charge in [-0.05, 0) is 60.5 Å². The summed E-state index contributed by atoms with van der Waals surface area (Å²) >= 11 is 0. The van der Waals surface area contributed by atoms with Crippen LogP contribution in [0.25, 0.3) is 11.3 Å². The number of hydrogen-bond donors (Lipinski definition) is 3. The smallest absolute Gasteiger partial charge is 0.258 e. The standard InChI is InChI=1S/C34H33N5O3/c1-23(25-6-3-2-4-7-25)36-33(40)26-11-14-30-29(20-26)31(34(41)38-30)32(27-8-5-15-35-21-27)37-28-12-9-24(10-13-28)22-39-16-18-42-19-17-39/h2-15,20-21,23,37H,16-19,22H2,1H3,(H,36,40)(H,38,41)/t23-/m1/s1. The first-order chi connectivity index (χ1) is 20.5. The lowest BCUT2D eigenvalue weighted by atomic mass is 9.98. The zero-order valence-corrected chi connectivity index (χ0v) is 23.5. The van der Waals surface area contributed by atoms with Crippen LogP contribution in [-0.4, -0.2) is 48.0 Å². The fourth-order valence-electron chi connectivity index (χ4n) is 5.31. The third kappa shape index (κ3) is 6.10. The number of rotatable bonds is 8. The number of benzene rings is 3. The molecule has 1 fully saturated rings. The van der Waals surface area contributed by atoms with Crippen LogP contribution >= 0.6 is 0 Å². The lowest BCUT2D eigenvalue weighted by Gasteiger charge is -2.26. The number of morpholine rings is 1. The molecule has 8 nitrogen and oxygen atoms in total. The molecule has 42 heavy (non-hydrogen) atoms. The van der Waals surface area contributed by atoms with Gasteiger partial charge < -0.3 is 20.7 Å². The number of carbonyl (C=O) groups is 2. The second-order valence-corrected chi connectivity index (χ2v) is 10.5. The Morgan fingerprint density at radius 3 is 2.50 bits per heavy atom. The highest BCUT2D eigenvalue weighted by atomic mass is 16.5. The highest BCUT2D eigenvalue weighted by Crippen LogP contribution is 2.38. The maximum atomic E-state index is 13.4. The van der Waals surface area contributed by atoms with Gasteiger partial charge in [0.1, 0.15) is 0 Å². The average Bonchev–Trinajstić information content (AvgIpc) is 3.36. The van der Waals surface area contributed by atoms with Gasteiger partial charge in [-0.2, -0.15) is 0 Å². The van der Waals surface area contributed by atoms with Gasteiger partial charge in [-0.25, -0.2) is 0 Å². The van der Waals surface area contributed by atoms with Gasteiger partial charge in [0.05, 0.1) is 30.5 Å². The van der Waals surface area contributed by atoms with E-state index in [0.29, 0.717) is 28.1 Å². The lowest BCUT2D eigenvalue weighted by molar-refractivity contribution is -0.110. The molecule has 212 valence electrons. The highest BCUT2D eigenvalue weighted by Gasteiger charge is 2.30.